The van der Waals surface area contributed by atoms with Crippen molar-refractivity contribution in [2.45, 2.75) is 38.6 Å². The molecule has 0 amide bonds. The van der Waals surface area contributed by atoms with E-state index < -0.39 is 0 Å². The number of nitrogens with zero attached hydrogens (tertiary/aromatic N) is 1. The Kier molecular flexibility index (Phi) is 3.24. The van der Waals surface area contributed by atoms with E-state index in [0.717, 1.165) is 31.4 Å². The van der Waals surface area contributed by atoms with Crippen LogP contribution < -0.4 is 5.32 Å². The summed E-state index contributed by atoms with van der Waals surface area (Å²) in [6.07, 6.45) is 6.34. The molecule has 3 heteroatoms. The Bertz CT molecular complexity index is 357. The van der Waals surface area contributed by atoms with Gasteiger partial charge in [0.05, 0.1) is 6.20 Å². The van der Waals surface area contributed by atoms with Crippen molar-refractivity contribution in [3.63, 3.8) is 0 Å². The minimum absolute atomic E-state index is 0.0523. The summed E-state index contributed by atoms with van der Waals surface area (Å²) in [5.74, 6) is 0.350. The van der Waals surface area contributed by atoms with Crippen molar-refractivity contribution in [2.24, 2.45) is 5.92 Å². The molecule has 1 fully saturated rings. The lowest BCUT2D eigenvalue weighted by Gasteiger charge is -2.31. The Balaban J connectivity index is 2.31. The van der Waals surface area contributed by atoms with E-state index in [-0.39, 0.29) is 11.4 Å². The quantitative estimate of drug-likeness (QED) is 0.850. The fraction of sp³-hybridized carbons (Fsp3) is 0.615. The average molecular weight is 222 g/mol. The molecule has 0 aromatic carbocycles. The zero-order valence-electron chi connectivity index (χ0n) is 9.96. The first-order chi connectivity index (χ1) is 7.62. The van der Waals surface area contributed by atoms with Crippen LogP contribution in [0.15, 0.2) is 18.5 Å². The van der Waals surface area contributed by atoms with E-state index in [1.165, 1.54) is 6.20 Å². The molecule has 16 heavy (non-hydrogen) atoms. The second-order valence-corrected chi connectivity index (χ2v) is 5.10. The van der Waals surface area contributed by atoms with Gasteiger partial charge in [0.15, 0.2) is 0 Å². The molecule has 2 nitrogen and oxygen atoms in total. The molecule has 0 spiro atoms. The zero-order chi connectivity index (χ0) is 11.6. The highest BCUT2D eigenvalue weighted by Crippen LogP contribution is 2.36. The van der Waals surface area contributed by atoms with Crippen LogP contribution in [0.25, 0.3) is 0 Å². The molecule has 2 heterocycles. The number of pyridine rings is 1. The predicted molar refractivity (Wildman–Crippen MR) is 62.6 cm³/mol. The van der Waals surface area contributed by atoms with Crippen molar-refractivity contribution in [1.29, 1.82) is 0 Å². The van der Waals surface area contributed by atoms with Crippen LogP contribution in [0.3, 0.4) is 0 Å². The Morgan fingerprint density at radius 2 is 2.31 bits per heavy atom. The Morgan fingerprint density at radius 1 is 1.50 bits per heavy atom. The molecule has 1 unspecified atom stereocenters. The minimum atomic E-state index is -0.241. The van der Waals surface area contributed by atoms with Crippen molar-refractivity contribution in [3.8, 4) is 0 Å². The van der Waals surface area contributed by atoms with Crippen LogP contribution in [0.2, 0.25) is 0 Å². The van der Waals surface area contributed by atoms with Gasteiger partial charge in [0.25, 0.3) is 0 Å². The lowest BCUT2D eigenvalue weighted by Crippen LogP contribution is -2.38. The SMILES string of the molecule is CC(C)CC1(c2cncc(F)c2)CCCN1. The minimum Gasteiger partial charge on any atom is -0.307 e. The third-order valence-electron chi connectivity index (χ3n) is 3.26. The Labute approximate surface area is 96.3 Å². The molecular weight excluding hydrogens is 203 g/mol. The number of hydrogen-bond acceptors (Lipinski definition) is 2. The molecule has 1 aromatic rings. The first-order valence-corrected chi connectivity index (χ1v) is 5.98. The third kappa shape index (κ3) is 2.24. The maximum atomic E-state index is 13.2. The summed E-state index contributed by atoms with van der Waals surface area (Å²) >= 11 is 0. The van der Waals surface area contributed by atoms with Crippen LogP contribution in [0.5, 0.6) is 0 Å². The average Bonchev–Trinajstić information content (AvgIpc) is 2.66. The molecule has 1 aromatic heterocycles. The molecule has 0 saturated carbocycles. The summed E-state index contributed by atoms with van der Waals surface area (Å²) in [4.78, 5) is 3.97. The lowest BCUT2D eigenvalue weighted by atomic mass is 9.82. The van der Waals surface area contributed by atoms with Gasteiger partial charge in [-0.2, -0.15) is 0 Å². The van der Waals surface area contributed by atoms with E-state index in [1.807, 2.05) is 0 Å². The molecule has 0 bridgehead atoms. The van der Waals surface area contributed by atoms with E-state index >= 15 is 0 Å². The van der Waals surface area contributed by atoms with Gasteiger partial charge in [0.2, 0.25) is 0 Å². The van der Waals surface area contributed by atoms with Gasteiger partial charge in [0, 0.05) is 11.7 Å². The number of aromatic nitrogens is 1. The first-order valence-electron chi connectivity index (χ1n) is 5.98. The molecule has 2 rings (SSSR count). The Morgan fingerprint density at radius 3 is 2.88 bits per heavy atom. The van der Waals surface area contributed by atoms with Crippen LogP contribution in [0.4, 0.5) is 4.39 Å². The zero-order valence-corrected chi connectivity index (χ0v) is 9.96. The van der Waals surface area contributed by atoms with E-state index in [1.54, 1.807) is 12.3 Å². The van der Waals surface area contributed by atoms with Gasteiger partial charge >= 0.3 is 0 Å². The van der Waals surface area contributed by atoms with E-state index in [4.69, 9.17) is 0 Å². The number of rotatable bonds is 3. The van der Waals surface area contributed by atoms with Crippen molar-refractivity contribution < 1.29 is 4.39 Å². The van der Waals surface area contributed by atoms with Gasteiger partial charge in [0.1, 0.15) is 5.82 Å². The highest BCUT2D eigenvalue weighted by Gasteiger charge is 2.36. The highest BCUT2D eigenvalue weighted by molar-refractivity contribution is 5.23. The number of nitrogens with one attached hydrogen (secondary N) is 1. The fourth-order valence-electron chi connectivity index (χ4n) is 2.72. The van der Waals surface area contributed by atoms with Gasteiger partial charge in [-0.15, -0.1) is 0 Å². The van der Waals surface area contributed by atoms with Crippen molar-refractivity contribution in [2.75, 3.05) is 6.54 Å². The molecule has 88 valence electrons. The van der Waals surface area contributed by atoms with Crippen LogP contribution in [0.1, 0.15) is 38.7 Å². The van der Waals surface area contributed by atoms with Gasteiger partial charge in [-0.05, 0) is 43.4 Å². The number of halogens is 1. The second-order valence-electron chi connectivity index (χ2n) is 5.10. The van der Waals surface area contributed by atoms with Crippen LogP contribution in [0, 0.1) is 11.7 Å². The molecule has 0 radical (unpaired) electrons. The van der Waals surface area contributed by atoms with Crippen LogP contribution in [-0.2, 0) is 5.54 Å². The summed E-state index contributed by atoms with van der Waals surface area (Å²) in [5.41, 5.74) is 0.946. The van der Waals surface area contributed by atoms with Crippen molar-refractivity contribution in [3.05, 3.63) is 29.8 Å². The molecule has 1 atom stereocenters. The van der Waals surface area contributed by atoms with Gasteiger partial charge < -0.3 is 5.32 Å². The fourth-order valence-corrected chi connectivity index (χ4v) is 2.72. The normalized spacial score (nSPS) is 25.2. The maximum Gasteiger partial charge on any atom is 0.141 e. The largest absolute Gasteiger partial charge is 0.307 e. The van der Waals surface area contributed by atoms with Crippen LogP contribution in [-0.4, -0.2) is 11.5 Å². The summed E-state index contributed by atoms with van der Waals surface area (Å²) < 4.78 is 13.2. The topological polar surface area (TPSA) is 24.9 Å². The van der Waals surface area contributed by atoms with Gasteiger partial charge in [-0.1, -0.05) is 13.8 Å². The van der Waals surface area contributed by atoms with Crippen molar-refractivity contribution >= 4 is 0 Å². The monoisotopic (exact) mass is 222 g/mol. The highest BCUT2D eigenvalue weighted by atomic mass is 19.1. The van der Waals surface area contributed by atoms with Crippen LogP contribution >= 0.6 is 0 Å². The molecule has 0 aliphatic carbocycles. The standard InChI is InChI=1S/C13H19FN2/c1-10(2)7-13(4-3-5-16-13)11-6-12(14)9-15-8-11/h6,8-10,16H,3-5,7H2,1-2H3. The first kappa shape index (κ1) is 11.5. The van der Waals surface area contributed by atoms with Crippen molar-refractivity contribution in [1.82, 2.24) is 10.3 Å². The molecule has 1 aliphatic heterocycles. The summed E-state index contributed by atoms with van der Waals surface area (Å²) in [6.45, 7) is 5.42. The second kappa shape index (κ2) is 4.50. The van der Waals surface area contributed by atoms with E-state index in [2.05, 4.69) is 24.1 Å². The molecule has 1 N–H and O–H groups in total. The Hall–Kier alpha value is -0.960. The van der Waals surface area contributed by atoms with Gasteiger partial charge in [-0.3, -0.25) is 4.98 Å². The maximum absolute atomic E-state index is 13.2. The third-order valence-corrected chi connectivity index (χ3v) is 3.26. The van der Waals surface area contributed by atoms with Gasteiger partial charge in [-0.25, -0.2) is 4.39 Å². The number of hydrogen-bond donors (Lipinski definition) is 1. The summed E-state index contributed by atoms with van der Waals surface area (Å²) in [7, 11) is 0. The van der Waals surface area contributed by atoms with E-state index in [0.29, 0.717) is 5.92 Å². The smallest absolute Gasteiger partial charge is 0.141 e. The molecule has 1 aliphatic rings. The predicted octanol–water partition coefficient (Wildman–Crippen LogP) is 2.85. The lowest BCUT2D eigenvalue weighted by molar-refractivity contribution is 0.309. The van der Waals surface area contributed by atoms with E-state index in [9.17, 15) is 4.39 Å². The molecular formula is C13H19FN2. The summed E-state index contributed by atoms with van der Waals surface area (Å²) in [6, 6.07) is 1.62. The summed E-state index contributed by atoms with van der Waals surface area (Å²) in [5, 5.41) is 3.54. The molecule has 1 saturated heterocycles.